The Hall–Kier alpha value is -2.06. The van der Waals surface area contributed by atoms with Crippen LogP contribution >= 0.6 is 0 Å². The normalized spacial score (nSPS) is 24.6. The summed E-state index contributed by atoms with van der Waals surface area (Å²) in [5.74, 6) is -3.50. The summed E-state index contributed by atoms with van der Waals surface area (Å²) in [4.78, 5) is 12.7. The highest BCUT2D eigenvalue weighted by Crippen LogP contribution is 2.42. The molecule has 1 aliphatic heterocycles. The van der Waals surface area contributed by atoms with E-state index < -0.39 is 30.8 Å². The monoisotopic (exact) mass is 331 g/mol. The smallest absolute Gasteiger partial charge is 0.444 e. The number of nitrogens with zero attached hydrogens (tertiary/aromatic N) is 1. The fourth-order valence-corrected chi connectivity index (χ4v) is 2.33. The molecule has 1 aromatic rings. The molecule has 1 aromatic carbocycles. The minimum absolute atomic E-state index is 0.0704. The molecule has 0 bridgehead atoms. The summed E-state index contributed by atoms with van der Waals surface area (Å²) in [6, 6.07) is 6.89. The SMILES string of the molecule is C=C(C)[C@@H]1N(C(=O)OCc2ccccc2)CO[C@@]1(O)C(F)(F)F. The van der Waals surface area contributed by atoms with Crippen LogP contribution in [0.5, 0.6) is 0 Å². The Kier molecular flexibility index (Phi) is 4.67. The number of carbonyl (C=O) groups excluding carboxylic acids is 1. The lowest BCUT2D eigenvalue weighted by Gasteiger charge is -2.32. The van der Waals surface area contributed by atoms with Crippen molar-refractivity contribution in [3.05, 3.63) is 48.0 Å². The molecule has 0 saturated carbocycles. The molecule has 0 aromatic heterocycles. The Balaban J connectivity index is 2.12. The molecule has 1 saturated heterocycles. The third-order valence-corrected chi connectivity index (χ3v) is 3.42. The highest BCUT2D eigenvalue weighted by Gasteiger charge is 2.66. The topological polar surface area (TPSA) is 59.0 Å². The van der Waals surface area contributed by atoms with Crippen LogP contribution in [0, 0.1) is 0 Å². The molecule has 23 heavy (non-hydrogen) atoms. The third kappa shape index (κ3) is 3.32. The van der Waals surface area contributed by atoms with Gasteiger partial charge in [0.2, 0.25) is 0 Å². The molecule has 0 unspecified atom stereocenters. The summed E-state index contributed by atoms with van der Waals surface area (Å²) < 4.78 is 48.6. The number of halogens is 3. The Morgan fingerprint density at radius 1 is 1.48 bits per heavy atom. The molecule has 2 atom stereocenters. The lowest BCUT2D eigenvalue weighted by molar-refractivity contribution is -0.351. The molecule has 1 heterocycles. The van der Waals surface area contributed by atoms with Crippen molar-refractivity contribution in [2.45, 2.75) is 31.5 Å². The van der Waals surface area contributed by atoms with Gasteiger partial charge in [-0.05, 0) is 12.5 Å². The second-order valence-corrected chi connectivity index (χ2v) is 5.23. The van der Waals surface area contributed by atoms with Crippen LogP contribution in [0.25, 0.3) is 0 Å². The van der Waals surface area contributed by atoms with Crippen LogP contribution in [0.4, 0.5) is 18.0 Å². The molecule has 2 rings (SSSR count). The van der Waals surface area contributed by atoms with E-state index in [2.05, 4.69) is 11.3 Å². The second-order valence-electron chi connectivity index (χ2n) is 5.23. The third-order valence-electron chi connectivity index (χ3n) is 3.42. The van der Waals surface area contributed by atoms with Crippen LogP contribution in [-0.2, 0) is 16.1 Å². The molecule has 8 heteroatoms. The summed E-state index contributed by atoms with van der Waals surface area (Å²) >= 11 is 0. The summed E-state index contributed by atoms with van der Waals surface area (Å²) in [5.41, 5.74) is 0.609. The van der Waals surface area contributed by atoms with E-state index in [-0.39, 0.29) is 12.2 Å². The van der Waals surface area contributed by atoms with E-state index in [0.29, 0.717) is 10.5 Å². The van der Waals surface area contributed by atoms with Gasteiger partial charge in [-0.25, -0.2) is 4.79 Å². The first-order chi connectivity index (χ1) is 10.7. The molecule has 126 valence electrons. The zero-order chi connectivity index (χ0) is 17.3. The number of hydrogen-bond acceptors (Lipinski definition) is 4. The fourth-order valence-electron chi connectivity index (χ4n) is 2.33. The van der Waals surface area contributed by atoms with E-state index in [1.165, 1.54) is 6.92 Å². The van der Waals surface area contributed by atoms with Crippen LogP contribution in [0.3, 0.4) is 0 Å². The zero-order valence-electron chi connectivity index (χ0n) is 12.3. The molecule has 1 amide bonds. The van der Waals surface area contributed by atoms with Gasteiger partial charge in [0.15, 0.2) is 0 Å². The first-order valence-electron chi connectivity index (χ1n) is 6.72. The van der Waals surface area contributed by atoms with Crippen molar-refractivity contribution in [2.24, 2.45) is 0 Å². The van der Waals surface area contributed by atoms with Crippen LogP contribution < -0.4 is 0 Å². The molecule has 0 radical (unpaired) electrons. The van der Waals surface area contributed by atoms with Gasteiger partial charge < -0.3 is 14.6 Å². The largest absolute Gasteiger partial charge is 0.445 e. The first-order valence-corrected chi connectivity index (χ1v) is 6.72. The Labute approximate surface area is 130 Å². The van der Waals surface area contributed by atoms with Gasteiger partial charge in [-0.2, -0.15) is 13.2 Å². The maximum Gasteiger partial charge on any atom is 0.445 e. The van der Waals surface area contributed by atoms with Crippen molar-refractivity contribution in [2.75, 3.05) is 6.73 Å². The number of benzene rings is 1. The maximum atomic E-state index is 13.0. The van der Waals surface area contributed by atoms with Gasteiger partial charge in [-0.3, -0.25) is 4.90 Å². The second kappa shape index (κ2) is 6.21. The molecular weight excluding hydrogens is 315 g/mol. The van der Waals surface area contributed by atoms with E-state index in [1.54, 1.807) is 30.3 Å². The standard InChI is InChI=1S/C15H16F3NO4/c1-10(2)12-14(21,15(16,17)18)23-9-19(12)13(20)22-8-11-6-4-3-5-7-11/h3-7,12,21H,1,8-9H2,2H3/t12-,14+/m0/s1. The average Bonchev–Trinajstić information content (AvgIpc) is 2.85. The summed E-state index contributed by atoms with van der Waals surface area (Å²) in [6.07, 6.45) is -6.10. The number of carbonyl (C=O) groups is 1. The number of alkyl halides is 3. The maximum absolute atomic E-state index is 13.0. The zero-order valence-corrected chi connectivity index (χ0v) is 12.3. The number of rotatable bonds is 3. The molecule has 0 spiro atoms. The van der Waals surface area contributed by atoms with E-state index in [9.17, 15) is 23.1 Å². The Bertz CT molecular complexity index is 590. The van der Waals surface area contributed by atoms with Crippen molar-refractivity contribution in [1.29, 1.82) is 0 Å². The van der Waals surface area contributed by atoms with Crippen molar-refractivity contribution in [3.63, 3.8) is 0 Å². The van der Waals surface area contributed by atoms with Crippen molar-refractivity contribution in [1.82, 2.24) is 4.90 Å². The van der Waals surface area contributed by atoms with Gasteiger partial charge in [0, 0.05) is 0 Å². The Morgan fingerprint density at radius 2 is 2.09 bits per heavy atom. The molecular formula is C15H16F3NO4. The number of aliphatic hydroxyl groups is 1. The number of hydrogen-bond donors (Lipinski definition) is 1. The lowest BCUT2D eigenvalue weighted by atomic mass is 10.00. The molecule has 0 aliphatic carbocycles. The van der Waals surface area contributed by atoms with Crippen LogP contribution in [-0.4, -0.2) is 40.8 Å². The van der Waals surface area contributed by atoms with Crippen molar-refractivity contribution >= 4 is 6.09 Å². The minimum Gasteiger partial charge on any atom is -0.444 e. The first kappa shape index (κ1) is 17.3. The van der Waals surface area contributed by atoms with Gasteiger partial charge >= 0.3 is 12.3 Å². The molecule has 1 aliphatic rings. The number of amides is 1. The fraction of sp³-hybridized carbons (Fsp3) is 0.400. The van der Waals surface area contributed by atoms with E-state index in [0.717, 1.165) is 0 Å². The van der Waals surface area contributed by atoms with Crippen LogP contribution in [0.2, 0.25) is 0 Å². The highest BCUT2D eigenvalue weighted by atomic mass is 19.4. The minimum atomic E-state index is -5.08. The van der Waals surface area contributed by atoms with Gasteiger partial charge in [0.1, 0.15) is 19.4 Å². The lowest BCUT2D eigenvalue weighted by Crippen LogP contribution is -2.56. The van der Waals surface area contributed by atoms with E-state index >= 15 is 0 Å². The van der Waals surface area contributed by atoms with E-state index in [4.69, 9.17) is 4.74 Å². The van der Waals surface area contributed by atoms with Crippen molar-refractivity contribution in [3.8, 4) is 0 Å². The average molecular weight is 331 g/mol. The van der Waals surface area contributed by atoms with Crippen molar-refractivity contribution < 1.29 is 32.5 Å². The van der Waals surface area contributed by atoms with Gasteiger partial charge in [0.25, 0.3) is 5.79 Å². The summed E-state index contributed by atoms with van der Waals surface area (Å²) in [7, 11) is 0. The van der Waals surface area contributed by atoms with Crippen LogP contribution in [0.15, 0.2) is 42.5 Å². The van der Waals surface area contributed by atoms with E-state index in [1.807, 2.05) is 0 Å². The molecule has 1 fully saturated rings. The summed E-state index contributed by atoms with van der Waals surface area (Å²) in [6.45, 7) is 3.82. The van der Waals surface area contributed by atoms with Gasteiger partial charge in [0.05, 0.1) is 0 Å². The quantitative estimate of drug-likeness (QED) is 0.866. The highest BCUT2D eigenvalue weighted by molar-refractivity contribution is 5.69. The molecule has 5 nitrogen and oxygen atoms in total. The molecule has 1 N–H and O–H groups in total. The summed E-state index contributed by atoms with van der Waals surface area (Å²) in [5, 5.41) is 9.81. The van der Waals surface area contributed by atoms with Crippen LogP contribution in [0.1, 0.15) is 12.5 Å². The number of ether oxygens (including phenoxy) is 2. The Morgan fingerprint density at radius 3 is 2.61 bits per heavy atom. The van der Waals surface area contributed by atoms with Gasteiger partial charge in [-0.15, -0.1) is 0 Å². The van der Waals surface area contributed by atoms with Gasteiger partial charge in [-0.1, -0.05) is 42.5 Å². The predicted octanol–water partition coefficient (Wildman–Crippen LogP) is 2.81. The predicted molar refractivity (Wildman–Crippen MR) is 74.0 cm³/mol.